The number of aryl methyl sites for hydroxylation is 1. The first kappa shape index (κ1) is 15.5. The van der Waals surface area contributed by atoms with Crippen molar-refractivity contribution in [3.63, 3.8) is 0 Å². The fourth-order valence-electron chi connectivity index (χ4n) is 3.21. The molecule has 1 aliphatic rings. The van der Waals surface area contributed by atoms with Gasteiger partial charge >= 0.3 is 0 Å². The smallest absolute Gasteiger partial charge is 0.0424 e. The Morgan fingerprint density at radius 1 is 1.20 bits per heavy atom. The number of rotatable bonds is 5. The molecular weight excluding hydrogens is 244 g/mol. The molecule has 1 fully saturated rings. The van der Waals surface area contributed by atoms with Crippen molar-refractivity contribution >= 4 is 0 Å². The summed E-state index contributed by atoms with van der Waals surface area (Å²) in [7, 11) is 0. The zero-order valence-corrected chi connectivity index (χ0v) is 13.3. The first-order chi connectivity index (χ1) is 9.60. The minimum absolute atomic E-state index is 0.137. The molecule has 1 heterocycles. The first-order valence-electron chi connectivity index (χ1n) is 8.18. The zero-order valence-electron chi connectivity index (χ0n) is 13.3. The molecule has 0 aromatic heterocycles. The predicted molar refractivity (Wildman–Crippen MR) is 86.8 cm³/mol. The van der Waals surface area contributed by atoms with Crippen LogP contribution in [0.4, 0.5) is 0 Å². The average molecular weight is 274 g/mol. The minimum atomic E-state index is 0.137. The molecule has 20 heavy (non-hydrogen) atoms. The second kappa shape index (κ2) is 7.24. The van der Waals surface area contributed by atoms with E-state index < -0.39 is 0 Å². The highest BCUT2D eigenvalue weighted by molar-refractivity contribution is 5.25. The van der Waals surface area contributed by atoms with E-state index in [-0.39, 0.29) is 6.04 Å². The molecule has 0 saturated carbocycles. The van der Waals surface area contributed by atoms with E-state index >= 15 is 0 Å². The van der Waals surface area contributed by atoms with Crippen LogP contribution in [-0.4, -0.2) is 24.0 Å². The Morgan fingerprint density at radius 2 is 1.90 bits per heavy atom. The van der Waals surface area contributed by atoms with Crippen molar-refractivity contribution in [2.45, 2.75) is 58.5 Å². The van der Waals surface area contributed by atoms with Gasteiger partial charge in [-0.15, -0.1) is 0 Å². The summed E-state index contributed by atoms with van der Waals surface area (Å²) in [5.41, 5.74) is 9.11. The van der Waals surface area contributed by atoms with E-state index in [0.717, 1.165) is 18.9 Å². The molecule has 2 N–H and O–H groups in total. The third-order valence-corrected chi connectivity index (χ3v) is 4.62. The highest BCUT2D eigenvalue weighted by Crippen LogP contribution is 2.23. The van der Waals surface area contributed by atoms with Crippen LogP contribution in [0.25, 0.3) is 0 Å². The number of piperidine rings is 1. The highest BCUT2D eigenvalue weighted by atomic mass is 15.2. The van der Waals surface area contributed by atoms with Gasteiger partial charge in [0.15, 0.2) is 0 Å². The van der Waals surface area contributed by atoms with Crippen molar-refractivity contribution < 1.29 is 0 Å². The maximum atomic E-state index is 6.42. The lowest BCUT2D eigenvalue weighted by Crippen LogP contribution is -2.44. The van der Waals surface area contributed by atoms with Gasteiger partial charge in [0.05, 0.1) is 0 Å². The van der Waals surface area contributed by atoms with Crippen molar-refractivity contribution in [2.75, 3.05) is 13.1 Å². The van der Waals surface area contributed by atoms with Gasteiger partial charge in [-0.25, -0.2) is 0 Å². The van der Waals surface area contributed by atoms with E-state index in [0.29, 0.717) is 6.04 Å². The molecule has 0 bridgehead atoms. The maximum Gasteiger partial charge on any atom is 0.0424 e. The van der Waals surface area contributed by atoms with E-state index in [2.05, 4.69) is 49.9 Å². The third-order valence-electron chi connectivity index (χ3n) is 4.62. The van der Waals surface area contributed by atoms with Crippen LogP contribution in [0.1, 0.15) is 57.2 Å². The third kappa shape index (κ3) is 4.07. The SMILES string of the molecule is CCCc1ccc(C(N)CN2CC(C)CCC2C)cc1. The van der Waals surface area contributed by atoms with Gasteiger partial charge < -0.3 is 5.73 Å². The quantitative estimate of drug-likeness (QED) is 0.886. The molecule has 2 rings (SSSR count). The van der Waals surface area contributed by atoms with Gasteiger partial charge in [-0.2, -0.15) is 0 Å². The van der Waals surface area contributed by atoms with Crippen LogP contribution in [0.2, 0.25) is 0 Å². The van der Waals surface area contributed by atoms with E-state index in [1.54, 1.807) is 0 Å². The van der Waals surface area contributed by atoms with Crippen LogP contribution >= 0.6 is 0 Å². The van der Waals surface area contributed by atoms with Gasteiger partial charge in [0.25, 0.3) is 0 Å². The fraction of sp³-hybridized carbons (Fsp3) is 0.667. The molecule has 0 radical (unpaired) electrons. The standard InChI is InChI=1S/C18H30N2/c1-4-5-16-8-10-17(11-9-16)18(19)13-20-12-14(2)6-7-15(20)3/h8-11,14-15,18H,4-7,12-13,19H2,1-3H3. The molecule has 1 aromatic carbocycles. The van der Waals surface area contributed by atoms with Gasteiger partial charge in [0, 0.05) is 25.2 Å². The predicted octanol–water partition coefficient (Wildman–Crippen LogP) is 3.76. The molecule has 1 saturated heterocycles. The van der Waals surface area contributed by atoms with Crippen LogP contribution in [0, 0.1) is 5.92 Å². The first-order valence-corrected chi connectivity index (χ1v) is 8.18. The number of nitrogens with two attached hydrogens (primary N) is 1. The lowest BCUT2D eigenvalue weighted by molar-refractivity contribution is 0.117. The summed E-state index contributed by atoms with van der Waals surface area (Å²) in [6, 6.07) is 9.72. The monoisotopic (exact) mass is 274 g/mol. The Labute approximate surface area is 124 Å². The number of hydrogen-bond acceptors (Lipinski definition) is 2. The molecule has 3 atom stereocenters. The van der Waals surface area contributed by atoms with Gasteiger partial charge in [0.2, 0.25) is 0 Å². The topological polar surface area (TPSA) is 29.3 Å². The maximum absolute atomic E-state index is 6.42. The second-order valence-corrected chi connectivity index (χ2v) is 6.58. The fourth-order valence-corrected chi connectivity index (χ4v) is 3.21. The lowest BCUT2D eigenvalue weighted by Gasteiger charge is -2.38. The molecule has 2 heteroatoms. The van der Waals surface area contributed by atoms with Gasteiger partial charge in [-0.05, 0) is 43.2 Å². The number of likely N-dealkylation sites (tertiary alicyclic amines) is 1. The van der Waals surface area contributed by atoms with Gasteiger partial charge in [-0.3, -0.25) is 4.90 Å². The van der Waals surface area contributed by atoms with Crippen LogP contribution in [0.3, 0.4) is 0 Å². The summed E-state index contributed by atoms with van der Waals surface area (Å²) >= 11 is 0. The Kier molecular flexibility index (Phi) is 5.62. The second-order valence-electron chi connectivity index (χ2n) is 6.58. The van der Waals surface area contributed by atoms with Crippen molar-refractivity contribution in [3.8, 4) is 0 Å². The number of hydrogen-bond donors (Lipinski definition) is 1. The Hall–Kier alpha value is -0.860. The van der Waals surface area contributed by atoms with Crippen LogP contribution in [0.15, 0.2) is 24.3 Å². The van der Waals surface area contributed by atoms with E-state index in [9.17, 15) is 0 Å². The molecule has 3 unspecified atom stereocenters. The normalized spacial score (nSPS) is 25.6. The van der Waals surface area contributed by atoms with Gasteiger partial charge in [-0.1, -0.05) is 44.5 Å². The van der Waals surface area contributed by atoms with Crippen molar-refractivity contribution in [2.24, 2.45) is 11.7 Å². The summed E-state index contributed by atoms with van der Waals surface area (Å²) in [6.07, 6.45) is 5.03. The van der Waals surface area contributed by atoms with Crippen LogP contribution in [-0.2, 0) is 6.42 Å². The largest absolute Gasteiger partial charge is 0.323 e. The van der Waals surface area contributed by atoms with Gasteiger partial charge in [0.1, 0.15) is 0 Å². The molecule has 1 aliphatic heterocycles. The number of nitrogens with zero attached hydrogens (tertiary/aromatic N) is 1. The Bertz CT molecular complexity index is 398. The zero-order chi connectivity index (χ0) is 14.5. The van der Waals surface area contributed by atoms with Crippen molar-refractivity contribution in [3.05, 3.63) is 35.4 Å². The van der Waals surface area contributed by atoms with Crippen LogP contribution in [0.5, 0.6) is 0 Å². The summed E-state index contributed by atoms with van der Waals surface area (Å²) < 4.78 is 0. The molecule has 1 aromatic rings. The summed E-state index contributed by atoms with van der Waals surface area (Å²) in [5.74, 6) is 0.810. The summed E-state index contributed by atoms with van der Waals surface area (Å²) in [6.45, 7) is 9.09. The number of benzene rings is 1. The van der Waals surface area contributed by atoms with E-state index in [1.807, 2.05) is 0 Å². The molecule has 0 spiro atoms. The molecule has 112 valence electrons. The lowest BCUT2D eigenvalue weighted by atomic mass is 9.94. The van der Waals surface area contributed by atoms with E-state index in [1.165, 1.54) is 36.9 Å². The Morgan fingerprint density at radius 3 is 2.55 bits per heavy atom. The molecule has 2 nitrogen and oxygen atoms in total. The Balaban J connectivity index is 1.94. The molecular formula is C18H30N2. The molecule has 0 aliphatic carbocycles. The van der Waals surface area contributed by atoms with Crippen molar-refractivity contribution in [1.82, 2.24) is 4.90 Å². The highest BCUT2D eigenvalue weighted by Gasteiger charge is 2.24. The van der Waals surface area contributed by atoms with Crippen LogP contribution < -0.4 is 5.73 Å². The van der Waals surface area contributed by atoms with Crippen molar-refractivity contribution in [1.29, 1.82) is 0 Å². The summed E-state index contributed by atoms with van der Waals surface area (Å²) in [4.78, 5) is 2.57. The molecule has 0 amide bonds. The van der Waals surface area contributed by atoms with E-state index in [4.69, 9.17) is 5.73 Å². The minimum Gasteiger partial charge on any atom is -0.323 e. The average Bonchev–Trinajstić information content (AvgIpc) is 2.44. The summed E-state index contributed by atoms with van der Waals surface area (Å²) in [5, 5.41) is 0.